The molecule has 0 aliphatic heterocycles. The zero-order valence-electron chi connectivity index (χ0n) is 24.8. The number of benzene rings is 2. The minimum Gasteiger partial charge on any atom is -0.493 e. The van der Waals surface area contributed by atoms with Gasteiger partial charge in [0.05, 0.1) is 41.5 Å². The van der Waals surface area contributed by atoms with E-state index in [-0.39, 0.29) is 16.7 Å². The zero-order chi connectivity index (χ0) is 30.2. The highest BCUT2D eigenvalue weighted by Gasteiger charge is 2.42. The van der Waals surface area contributed by atoms with E-state index >= 15 is 0 Å². The molecule has 7 nitrogen and oxygen atoms in total. The van der Waals surface area contributed by atoms with Crippen LogP contribution >= 0.6 is 23.2 Å². The van der Waals surface area contributed by atoms with Crippen molar-refractivity contribution in [2.75, 3.05) is 13.7 Å². The fourth-order valence-corrected chi connectivity index (χ4v) is 6.57. The van der Waals surface area contributed by atoms with Crippen LogP contribution in [0.25, 0.3) is 22.2 Å². The Balaban J connectivity index is 1.11. The molecule has 4 aromatic rings. The highest BCUT2D eigenvalue weighted by atomic mass is 35.5. The average Bonchev–Trinajstić information content (AvgIpc) is 3.79. The second kappa shape index (κ2) is 12.1. The highest BCUT2D eigenvalue weighted by molar-refractivity contribution is 6.39. The standard InChI is InChI=1S/C34H36Cl2N2O5/c1-4-34(42-19-24-30(38-43-31(24)21-8-9-21)29-25(35)6-5-7-26(29)36)16-14-33(2,15-17-34)20-41-23-11-13-27-22(18-23)10-12-28(37-27)32(39)40-3/h5-7,10-13,18,21H,4,8-9,14-17,19-20H2,1-3H3. The van der Waals surface area contributed by atoms with Crippen LogP contribution in [-0.4, -0.2) is 35.4 Å². The molecule has 43 heavy (non-hydrogen) atoms. The predicted octanol–water partition coefficient (Wildman–Crippen LogP) is 9.19. The maximum absolute atomic E-state index is 11.8. The topological polar surface area (TPSA) is 83.7 Å². The van der Waals surface area contributed by atoms with Crippen LogP contribution in [-0.2, 0) is 16.1 Å². The molecule has 226 valence electrons. The van der Waals surface area contributed by atoms with Crippen molar-refractivity contribution in [1.82, 2.24) is 10.1 Å². The first-order valence-electron chi connectivity index (χ1n) is 14.9. The van der Waals surface area contributed by atoms with Gasteiger partial charge in [0.25, 0.3) is 0 Å². The number of pyridine rings is 1. The van der Waals surface area contributed by atoms with E-state index in [1.54, 1.807) is 6.07 Å². The van der Waals surface area contributed by atoms with Crippen LogP contribution in [0, 0.1) is 5.41 Å². The van der Waals surface area contributed by atoms with Crippen molar-refractivity contribution in [2.45, 2.75) is 76.9 Å². The number of ether oxygens (including phenoxy) is 3. The summed E-state index contributed by atoms with van der Waals surface area (Å²) < 4.78 is 23.7. The number of carbonyl (C=O) groups excluding carboxylic acids is 1. The Morgan fingerprint density at radius 2 is 1.79 bits per heavy atom. The number of methoxy groups -OCH3 is 1. The Morgan fingerprint density at radius 3 is 2.47 bits per heavy atom. The van der Waals surface area contributed by atoms with Gasteiger partial charge in [0, 0.05) is 27.8 Å². The molecular formula is C34H36Cl2N2O5. The lowest BCUT2D eigenvalue weighted by molar-refractivity contribution is -0.106. The molecule has 2 aromatic carbocycles. The number of aromatic nitrogens is 2. The van der Waals surface area contributed by atoms with E-state index in [4.69, 9.17) is 41.9 Å². The first-order valence-corrected chi connectivity index (χ1v) is 15.7. The van der Waals surface area contributed by atoms with Crippen molar-refractivity contribution in [2.24, 2.45) is 5.41 Å². The van der Waals surface area contributed by atoms with Gasteiger partial charge >= 0.3 is 5.97 Å². The summed E-state index contributed by atoms with van der Waals surface area (Å²) in [4.78, 5) is 16.2. The average molecular weight is 624 g/mol. The largest absolute Gasteiger partial charge is 0.493 e. The fourth-order valence-electron chi connectivity index (χ4n) is 6.00. The molecule has 0 unspecified atom stereocenters. The third kappa shape index (κ3) is 6.26. The van der Waals surface area contributed by atoms with E-state index in [1.807, 2.05) is 42.5 Å². The number of halogens is 2. The summed E-state index contributed by atoms with van der Waals surface area (Å²) in [5.74, 6) is 1.62. The Morgan fingerprint density at radius 1 is 1.05 bits per heavy atom. The van der Waals surface area contributed by atoms with Gasteiger partial charge in [-0.15, -0.1) is 0 Å². The molecular weight excluding hydrogens is 587 g/mol. The van der Waals surface area contributed by atoms with Crippen LogP contribution in [0.3, 0.4) is 0 Å². The molecule has 0 N–H and O–H groups in total. The minimum atomic E-state index is -0.449. The number of nitrogens with zero attached hydrogens (tertiary/aromatic N) is 2. The van der Waals surface area contributed by atoms with Gasteiger partial charge in [-0.05, 0) is 81.3 Å². The first kappa shape index (κ1) is 29.9. The van der Waals surface area contributed by atoms with E-state index in [0.29, 0.717) is 40.4 Å². The van der Waals surface area contributed by atoms with Gasteiger partial charge in [0.1, 0.15) is 22.9 Å². The van der Waals surface area contributed by atoms with Crippen LogP contribution in [0.15, 0.2) is 53.1 Å². The number of hydrogen-bond acceptors (Lipinski definition) is 7. The van der Waals surface area contributed by atoms with Gasteiger partial charge in [-0.2, -0.15) is 0 Å². The maximum Gasteiger partial charge on any atom is 0.356 e. The number of hydrogen-bond donors (Lipinski definition) is 0. The number of fused-ring (bicyclic) bond motifs is 1. The lowest BCUT2D eigenvalue weighted by Gasteiger charge is -2.44. The molecule has 2 aliphatic carbocycles. The van der Waals surface area contributed by atoms with Crippen molar-refractivity contribution >= 4 is 40.1 Å². The van der Waals surface area contributed by atoms with Crippen LogP contribution in [0.1, 0.15) is 86.5 Å². The van der Waals surface area contributed by atoms with E-state index in [1.165, 1.54) is 7.11 Å². The summed E-state index contributed by atoms with van der Waals surface area (Å²) in [6.45, 7) is 5.52. The Kier molecular flexibility index (Phi) is 8.42. The summed E-state index contributed by atoms with van der Waals surface area (Å²) in [5.41, 5.74) is 3.16. The van der Waals surface area contributed by atoms with E-state index in [0.717, 1.165) is 72.9 Å². The lowest BCUT2D eigenvalue weighted by atomic mass is 9.69. The molecule has 2 heterocycles. The summed E-state index contributed by atoms with van der Waals surface area (Å²) >= 11 is 13.1. The lowest BCUT2D eigenvalue weighted by Crippen LogP contribution is -2.42. The van der Waals surface area contributed by atoms with E-state index in [2.05, 4.69) is 24.0 Å². The maximum atomic E-state index is 11.8. The van der Waals surface area contributed by atoms with Crippen molar-refractivity contribution in [1.29, 1.82) is 0 Å². The molecule has 6 rings (SSSR count). The molecule has 0 amide bonds. The van der Waals surface area contributed by atoms with Crippen molar-refractivity contribution in [3.8, 4) is 17.0 Å². The summed E-state index contributed by atoms with van der Waals surface area (Å²) in [7, 11) is 1.35. The normalized spacial score (nSPS) is 22.1. The third-order valence-electron chi connectivity index (χ3n) is 9.14. The first-order chi connectivity index (χ1) is 20.7. The number of esters is 1. The van der Waals surface area contributed by atoms with Crippen LogP contribution in [0.4, 0.5) is 0 Å². The van der Waals surface area contributed by atoms with Crippen molar-refractivity contribution in [3.05, 3.63) is 75.6 Å². The van der Waals surface area contributed by atoms with E-state index in [9.17, 15) is 4.79 Å². The van der Waals surface area contributed by atoms with Gasteiger partial charge < -0.3 is 18.7 Å². The molecule has 9 heteroatoms. The van der Waals surface area contributed by atoms with Gasteiger partial charge in [-0.3, -0.25) is 0 Å². The molecule has 0 spiro atoms. The molecule has 2 aliphatic rings. The number of carbonyl (C=O) groups is 1. The Hall–Kier alpha value is -3.13. The molecule has 0 saturated heterocycles. The van der Waals surface area contributed by atoms with Crippen molar-refractivity contribution in [3.63, 3.8) is 0 Å². The third-order valence-corrected chi connectivity index (χ3v) is 9.77. The highest BCUT2D eigenvalue weighted by Crippen LogP contribution is 2.48. The molecule has 0 atom stereocenters. The van der Waals surface area contributed by atoms with Gasteiger partial charge in [-0.1, -0.05) is 54.3 Å². The van der Waals surface area contributed by atoms with E-state index < -0.39 is 5.97 Å². The summed E-state index contributed by atoms with van der Waals surface area (Å²) in [5, 5.41) is 6.44. The number of rotatable bonds is 10. The smallest absolute Gasteiger partial charge is 0.356 e. The van der Waals surface area contributed by atoms with Crippen molar-refractivity contribution < 1.29 is 23.5 Å². The van der Waals surface area contributed by atoms with Crippen LogP contribution < -0.4 is 4.74 Å². The zero-order valence-corrected chi connectivity index (χ0v) is 26.3. The molecule has 2 fully saturated rings. The molecule has 0 radical (unpaired) electrons. The van der Waals surface area contributed by atoms with Gasteiger partial charge in [0.15, 0.2) is 0 Å². The molecule has 0 bridgehead atoms. The summed E-state index contributed by atoms with van der Waals surface area (Å²) in [6.07, 6.45) is 6.96. The SMILES string of the molecule is CCC1(OCc2c(-c3c(Cl)cccc3Cl)noc2C2CC2)CCC(C)(COc2ccc3nc(C(=O)OC)ccc3c2)CC1. The summed E-state index contributed by atoms with van der Waals surface area (Å²) in [6, 6.07) is 14.8. The Bertz CT molecular complexity index is 1620. The van der Waals surface area contributed by atoms with Gasteiger partial charge in [0.2, 0.25) is 0 Å². The quantitative estimate of drug-likeness (QED) is 0.163. The van der Waals surface area contributed by atoms with Crippen LogP contribution in [0.2, 0.25) is 10.0 Å². The molecule has 2 saturated carbocycles. The second-order valence-corrected chi connectivity index (χ2v) is 13.0. The second-order valence-electron chi connectivity index (χ2n) is 12.2. The fraction of sp³-hybridized carbons (Fsp3) is 0.441. The monoisotopic (exact) mass is 622 g/mol. The minimum absolute atomic E-state index is 0.0244. The van der Waals surface area contributed by atoms with Gasteiger partial charge in [-0.25, -0.2) is 9.78 Å². The molecule has 2 aromatic heterocycles. The Labute approximate surface area is 261 Å². The predicted molar refractivity (Wildman–Crippen MR) is 167 cm³/mol. The van der Waals surface area contributed by atoms with Crippen LogP contribution in [0.5, 0.6) is 5.75 Å².